The summed E-state index contributed by atoms with van der Waals surface area (Å²) in [7, 11) is -3.65. The van der Waals surface area contributed by atoms with E-state index in [4.69, 9.17) is 4.74 Å². The number of likely N-dealkylation sites (tertiary alicyclic amines) is 1. The molecule has 32 heavy (non-hydrogen) atoms. The maximum absolute atomic E-state index is 13.3. The number of esters is 1. The summed E-state index contributed by atoms with van der Waals surface area (Å²) < 4.78 is 32.6. The number of carbonyl (C=O) groups is 2. The predicted molar refractivity (Wildman–Crippen MR) is 121 cm³/mol. The molecule has 3 fully saturated rings. The lowest BCUT2D eigenvalue weighted by Gasteiger charge is -2.36. The van der Waals surface area contributed by atoms with Crippen LogP contribution in [0.15, 0.2) is 29.2 Å². The van der Waals surface area contributed by atoms with E-state index >= 15 is 0 Å². The fraction of sp³-hybridized carbons (Fsp3) is 0.667. The molecule has 0 radical (unpaired) electrons. The van der Waals surface area contributed by atoms with Gasteiger partial charge in [0.05, 0.1) is 17.1 Å². The summed E-state index contributed by atoms with van der Waals surface area (Å²) in [4.78, 5) is 27.4. The number of nitrogens with zero attached hydrogens (tertiary/aromatic N) is 2. The van der Waals surface area contributed by atoms with E-state index in [1.165, 1.54) is 54.3 Å². The van der Waals surface area contributed by atoms with Gasteiger partial charge in [0.15, 0.2) is 0 Å². The second-order valence-electron chi connectivity index (χ2n) is 9.21. The summed E-state index contributed by atoms with van der Waals surface area (Å²) in [6.07, 6.45) is 8.35. The second-order valence-corrected chi connectivity index (χ2v) is 11.1. The van der Waals surface area contributed by atoms with Gasteiger partial charge in [0.1, 0.15) is 0 Å². The molecule has 1 atom stereocenters. The van der Waals surface area contributed by atoms with E-state index < -0.39 is 16.0 Å². The van der Waals surface area contributed by atoms with Gasteiger partial charge in [-0.2, -0.15) is 4.31 Å². The van der Waals surface area contributed by atoms with Crippen LogP contribution in [0.5, 0.6) is 0 Å². The van der Waals surface area contributed by atoms with Crippen LogP contribution in [-0.2, 0) is 19.6 Å². The number of ether oxygens (including phenoxy) is 1. The first kappa shape index (κ1) is 23.2. The normalized spacial score (nSPS) is 23.5. The van der Waals surface area contributed by atoms with Crippen LogP contribution in [0, 0.1) is 11.8 Å². The molecule has 0 aromatic heterocycles. The van der Waals surface area contributed by atoms with Crippen LogP contribution in [0.25, 0.3) is 0 Å². The van der Waals surface area contributed by atoms with Gasteiger partial charge in [0, 0.05) is 31.6 Å². The SMILES string of the molecule is CCOC(=O)c1ccc(S(=O)(=O)N2CCC(C(=O)N3CCCC3C3CCCC3)CC2)cc1. The van der Waals surface area contributed by atoms with E-state index in [0.29, 0.717) is 43.5 Å². The molecule has 2 heterocycles. The first-order valence-corrected chi connectivity index (χ1v) is 13.4. The number of hydrogen-bond donors (Lipinski definition) is 0. The zero-order valence-corrected chi connectivity index (χ0v) is 19.7. The van der Waals surface area contributed by atoms with Crippen LogP contribution >= 0.6 is 0 Å². The van der Waals surface area contributed by atoms with Gasteiger partial charge in [0.2, 0.25) is 15.9 Å². The Morgan fingerprint density at radius 3 is 2.22 bits per heavy atom. The van der Waals surface area contributed by atoms with Gasteiger partial charge < -0.3 is 9.64 Å². The number of amides is 1. The Morgan fingerprint density at radius 1 is 0.938 bits per heavy atom. The van der Waals surface area contributed by atoms with Crippen LogP contribution in [0.2, 0.25) is 0 Å². The number of sulfonamides is 1. The molecule has 2 saturated heterocycles. The van der Waals surface area contributed by atoms with Crippen LogP contribution in [0.4, 0.5) is 0 Å². The van der Waals surface area contributed by atoms with E-state index in [9.17, 15) is 18.0 Å². The van der Waals surface area contributed by atoms with E-state index in [2.05, 4.69) is 4.90 Å². The van der Waals surface area contributed by atoms with E-state index in [0.717, 1.165) is 19.4 Å². The molecule has 2 aliphatic heterocycles. The highest BCUT2D eigenvalue weighted by molar-refractivity contribution is 7.89. The van der Waals surface area contributed by atoms with Crippen LogP contribution < -0.4 is 0 Å². The number of rotatable bonds is 6. The van der Waals surface area contributed by atoms with Crippen LogP contribution in [0.1, 0.15) is 68.6 Å². The van der Waals surface area contributed by atoms with Gasteiger partial charge >= 0.3 is 5.97 Å². The summed E-state index contributed by atoms with van der Waals surface area (Å²) in [5, 5.41) is 0. The Hall–Kier alpha value is -1.93. The molecule has 1 unspecified atom stereocenters. The third-order valence-electron chi connectivity index (χ3n) is 7.33. The minimum absolute atomic E-state index is 0.0883. The average molecular weight is 463 g/mol. The summed E-state index contributed by atoms with van der Waals surface area (Å²) in [6, 6.07) is 6.27. The van der Waals surface area contributed by atoms with Crippen molar-refractivity contribution in [1.29, 1.82) is 0 Å². The van der Waals surface area contributed by atoms with E-state index in [1.807, 2.05) is 0 Å². The Balaban J connectivity index is 1.36. The highest BCUT2D eigenvalue weighted by Gasteiger charge is 2.40. The highest BCUT2D eigenvalue weighted by Crippen LogP contribution is 2.37. The average Bonchev–Trinajstić information content (AvgIpc) is 3.51. The summed E-state index contributed by atoms with van der Waals surface area (Å²) in [5.74, 6) is 0.331. The Labute approximate surface area is 191 Å². The summed E-state index contributed by atoms with van der Waals surface area (Å²) in [5.41, 5.74) is 0.331. The minimum Gasteiger partial charge on any atom is -0.462 e. The molecule has 0 bridgehead atoms. The van der Waals surface area contributed by atoms with Gasteiger partial charge in [-0.3, -0.25) is 4.79 Å². The number of carbonyl (C=O) groups excluding carboxylic acids is 2. The third-order valence-corrected chi connectivity index (χ3v) is 9.25. The molecule has 7 nitrogen and oxygen atoms in total. The molecule has 8 heteroatoms. The smallest absolute Gasteiger partial charge is 0.338 e. The number of benzene rings is 1. The summed E-state index contributed by atoms with van der Waals surface area (Å²) >= 11 is 0. The lowest BCUT2D eigenvalue weighted by atomic mass is 9.92. The molecule has 1 aromatic rings. The first-order chi connectivity index (χ1) is 15.4. The third kappa shape index (κ3) is 4.71. The van der Waals surface area contributed by atoms with Gasteiger partial charge in [-0.15, -0.1) is 0 Å². The number of hydrogen-bond acceptors (Lipinski definition) is 5. The molecule has 0 spiro atoms. The fourth-order valence-corrected chi connectivity index (χ4v) is 7.07. The van der Waals surface area contributed by atoms with E-state index in [1.54, 1.807) is 6.92 Å². The Bertz CT molecular complexity index is 916. The molecule has 4 rings (SSSR count). The topological polar surface area (TPSA) is 84.0 Å². The second kappa shape index (κ2) is 9.91. The maximum Gasteiger partial charge on any atom is 0.338 e. The fourth-order valence-electron chi connectivity index (χ4n) is 5.60. The summed E-state index contributed by atoms with van der Waals surface area (Å²) in [6.45, 7) is 3.54. The van der Waals surface area contributed by atoms with Crippen molar-refractivity contribution in [1.82, 2.24) is 9.21 Å². The minimum atomic E-state index is -3.65. The van der Waals surface area contributed by atoms with E-state index in [-0.39, 0.29) is 23.3 Å². The highest BCUT2D eigenvalue weighted by atomic mass is 32.2. The van der Waals surface area contributed by atoms with Crippen molar-refractivity contribution in [3.63, 3.8) is 0 Å². The molecular formula is C24H34N2O5S. The van der Waals surface area contributed by atoms with Crippen LogP contribution in [0.3, 0.4) is 0 Å². The zero-order valence-electron chi connectivity index (χ0n) is 18.9. The monoisotopic (exact) mass is 462 g/mol. The van der Waals surface area contributed by atoms with Crippen molar-refractivity contribution in [2.24, 2.45) is 11.8 Å². The van der Waals surface area contributed by atoms with Crippen molar-refractivity contribution >= 4 is 21.9 Å². The molecule has 3 aliphatic rings. The lowest BCUT2D eigenvalue weighted by Crippen LogP contribution is -2.47. The number of piperidine rings is 1. The Morgan fingerprint density at radius 2 is 1.59 bits per heavy atom. The van der Waals surface area contributed by atoms with Gasteiger partial charge in [0.25, 0.3) is 0 Å². The van der Waals surface area contributed by atoms with Crippen molar-refractivity contribution in [3.05, 3.63) is 29.8 Å². The zero-order chi connectivity index (χ0) is 22.7. The first-order valence-electron chi connectivity index (χ1n) is 12.0. The van der Waals surface area contributed by atoms with Crippen molar-refractivity contribution in [2.75, 3.05) is 26.2 Å². The standard InChI is InChI=1S/C24H34N2O5S/c1-2-31-24(28)20-9-11-21(12-10-20)32(29,30)25-16-13-19(14-17-25)23(27)26-15-5-8-22(26)18-6-3-4-7-18/h9-12,18-19,22H,2-8,13-17H2,1H3. The largest absolute Gasteiger partial charge is 0.462 e. The molecule has 1 amide bonds. The van der Waals surface area contributed by atoms with Crippen molar-refractivity contribution in [3.8, 4) is 0 Å². The lowest BCUT2D eigenvalue weighted by molar-refractivity contribution is -0.138. The quantitative estimate of drug-likeness (QED) is 0.605. The van der Waals surface area contributed by atoms with Crippen LogP contribution in [-0.4, -0.2) is 61.8 Å². The molecule has 1 aromatic carbocycles. The Kier molecular flexibility index (Phi) is 7.20. The molecular weight excluding hydrogens is 428 g/mol. The molecule has 176 valence electrons. The van der Waals surface area contributed by atoms with Gasteiger partial charge in [-0.1, -0.05) is 12.8 Å². The molecule has 1 aliphatic carbocycles. The van der Waals surface area contributed by atoms with Gasteiger partial charge in [-0.05, 0) is 75.6 Å². The maximum atomic E-state index is 13.3. The molecule has 1 saturated carbocycles. The van der Waals surface area contributed by atoms with Crippen molar-refractivity contribution < 1.29 is 22.7 Å². The van der Waals surface area contributed by atoms with Gasteiger partial charge in [-0.25, -0.2) is 13.2 Å². The van der Waals surface area contributed by atoms with Crippen molar-refractivity contribution in [2.45, 2.75) is 69.2 Å². The predicted octanol–water partition coefficient (Wildman–Crippen LogP) is 3.45. The molecule has 0 N–H and O–H groups in total.